The summed E-state index contributed by atoms with van der Waals surface area (Å²) in [4.78, 5) is 25.6. The summed E-state index contributed by atoms with van der Waals surface area (Å²) in [5.41, 5.74) is 8.18. The van der Waals surface area contributed by atoms with Gasteiger partial charge in [-0.05, 0) is 42.3 Å². The minimum absolute atomic E-state index is 0.0388. The van der Waals surface area contributed by atoms with E-state index in [-0.39, 0.29) is 23.8 Å². The van der Waals surface area contributed by atoms with Crippen molar-refractivity contribution in [3.8, 4) is 11.5 Å². The van der Waals surface area contributed by atoms with Gasteiger partial charge in [-0.15, -0.1) is 0 Å². The average molecular weight is 514 g/mol. The molecular formula is C25H24BrNO6. The van der Waals surface area contributed by atoms with Crippen molar-refractivity contribution in [2.75, 3.05) is 14.2 Å². The molecule has 1 atom stereocenters. The molecule has 0 saturated heterocycles. The van der Waals surface area contributed by atoms with E-state index in [4.69, 9.17) is 24.7 Å². The second kappa shape index (κ2) is 9.70. The van der Waals surface area contributed by atoms with Gasteiger partial charge in [-0.3, -0.25) is 4.79 Å². The molecule has 0 fully saturated rings. The van der Waals surface area contributed by atoms with Crippen LogP contribution in [0, 0.1) is 0 Å². The standard InChI is InChI=1S/C25H24BrNO6/c1-30-19-10-9-14(11-15(19)13-32-17-6-3-5-16(26)12-17)21-22-18(28)7-4-8-20(22)33-24(27)23(21)25(29)31-2/h3,5-6,9-12,21H,4,7-8,13,27H2,1-2H3/t21-/m1/s1. The van der Waals surface area contributed by atoms with Gasteiger partial charge in [-0.25, -0.2) is 4.79 Å². The monoisotopic (exact) mass is 513 g/mol. The molecule has 2 aromatic rings. The van der Waals surface area contributed by atoms with E-state index >= 15 is 0 Å². The first-order chi connectivity index (χ1) is 15.9. The van der Waals surface area contributed by atoms with Gasteiger partial charge >= 0.3 is 5.97 Å². The molecule has 0 spiro atoms. The number of benzene rings is 2. The summed E-state index contributed by atoms with van der Waals surface area (Å²) in [7, 11) is 2.85. The van der Waals surface area contributed by atoms with Crippen molar-refractivity contribution < 1.29 is 28.5 Å². The molecule has 0 unspecified atom stereocenters. The van der Waals surface area contributed by atoms with Crippen molar-refractivity contribution in [3.63, 3.8) is 0 Å². The summed E-state index contributed by atoms with van der Waals surface area (Å²) >= 11 is 3.44. The number of ether oxygens (including phenoxy) is 4. The molecule has 33 heavy (non-hydrogen) atoms. The lowest BCUT2D eigenvalue weighted by Crippen LogP contribution is -2.31. The quantitative estimate of drug-likeness (QED) is 0.567. The summed E-state index contributed by atoms with van der Waals surface area (Å²) in [6, 6.07) is 13.0. The largest absolute Gasteiger partial charge is 0.496 e. The number of rotatable bonds is 6. The molecule has 1 heterocycles. The predicted octanol–water partition coefficient (Wildman–Crippen LogP) is 4.50. The fourth-order valence-electron chi connectivity index (χ4n) is 4.21. The fourth-order valence-corrected chi connectivity index (χ4v) is 4.59. The zero-order valence-corrected chi connectivity index (χ0v) is 19.9. The zero-order valence-electron chi connectivity index (χ0n) is 18.4. The third-order valence-corrected chi connectivity index (χ3v) is 6.21. The SMILES string of the molecule is COC(=O)C1=C(N)OC2=C(C(=O)CCC2)[C@H]1c1ccc(OC)c(COc2cccc(Br)c2)c1. The number of methoxy groups -OCH3 is 2. The van der Waals surface area contributed by atoms with E-state index in [0.717, 1.165) is 10.0 Å². The Labute approximate surface area is 200 Å². The maximum Gasteiger partial charge on any atom is 0.340 e. The van der Waals surface area contributed by atoms with Crippen molar-refractivity contribution in [2.45, 2.75) is 31.8 Å². The van der Waals surface area contributed by atoms with Gasteiger partial charge in [0, 0.05) is 28.5 Å². The Balaban J connectivity index is 1.76. The third-order valence-electron chi connectivity index (χ3n) is 5.72. The molecule has 1 aliphatic heterocycles. The second-order valence-electron chi connectivity index (χ2n) is 7.74. The van der Waals surface area contributed by atoms with E-state index in [0.29, 0.717) is 47.7 Å². The van der Waals surface area contributed by atoms with Crippen molar-refractivity contribution in [1.29, 1.82) is 0 Å². The van der Waals surface area contributed by atoms with Crippen LogP contribution in [0.25, 0.3) is 0 Å². The van der Waals surface area contributed by atoms with Crippen LogP contribution in [0.3, 0.4) is 0 Å². The van der Waals surface area contributed by atoms with Crippen molar-refractivity contribution in [3.05, 3.63) is 80.9 Å². The zero-order chi connectivity index (χ0) is 23.5. The van der Waals surface area contributed by atoms with Gasteiger partial charge in [0.2, 0.25) is 5.88 Å². The number of ketones is 1. The van der Waals surface area contributed by atoms with Gasteiger partial charge in [0.25, 0.3) is 0 Å². The Hall–Kier alpha value is -3.26. The topological polar surface area (TPSA) is 97.1 Å². The van der Waals surface area contributed by atoms with E-state index in [2.05, 4.69) is 15.9 Å². The highest BCUT2D eigenvalue weighted by atomic mass is 79.9. The molecule has 8 heteroatoms. The number of carbonyl (C=O) groups excluding carboxylic acids is 2. The fraction of sp³-hybridized carbons (Fsp3) is 0.280. The van der Waals surface area contributed by atoms with Crippen molar-refractivity contribution in [1.82, 2.24) is 0 Å². The lowest BCUT2D eigenvalue weighted by Gasteiger charge is -2.32. The first-order valence-corrected chi connectivity index (χ1v) is 11.3. The Bertz CT molecular complexity index is 1170. The number of allylic oxidation sites excluding steroid dienone is 2. The number of Topliss-reactive ketones (excluding diaryl/α,β-unsaturated/α-hetero) is 1. The highest BCUT2D eigenvalue weighted by molar-refractivity contribution is 9.10. The van der Waals surface area contributed by atoms with Crippen LogP contribution in [0.2, 0.25) is 0 Å². The number of carbonyl (C=O) groups is 2. The summed E-state index contributed by atoms with van der Waals surface area (Å²) in [5.74, 6) is 0.413. The molecule has 4 rings (SSSR count). The van der Waals surface area contributed by atoms with Gasteiger partial charge in [0.05, 0.1) is 20.1 Å². The summed E-state index contributed by atoms with van der Waals surface area (Å²) in [6.07, 6.45) is 1.66. The molecule has 2 aromatic carbocycles. The van der Waals surface area contributed by atoms with Crippen molar-refractivity contribution >= 4 is 27.7 Å². The molecule has 0 saturated carbocycles. The number of halogens is 1. The lowest BCUT2D eigenvalue weighted by atomic mass is 9.77. The van der Waals surface area contributed by atoms with Crippen LogP contribution < -0.4 is 15.2 Å². The third kappa shape index (κ3) is 4.61. The first-order valence-electron chi connectivity index (χ1n) is 10.5. The highest BCUT2D eigenvalue weighted by Gasteiger charge is 2.41. The van der Waals surface area contributed by atoms with E-state index in [1.807, 2.05) is 36.4 Å². The molecule has 0 radical (unpaired) electrons. The molecular weight excluding hydrogens is 490 g/mol. The average Bonchev–Trinajstić information content (AvgIpc) is 2.81. The first kappa shape index (κ1) is 22.9. The Kier molecular flexibility index (Phi) is 6.74. The summed E-state index contributed by atoms with van der Waals surface area (Å²) in [6.45, 7) is 0.225. The minimum Gasteiger partial charge on any atom is -0.496 e. The lowest BCUT2D eigenvalue weighted by molar-refractivity contribution is -0.136. The Morgan fingerprint density at radius 1 is 1.18 bits per heavy atom. The highest BCUT2D eigenvalue weighted by Crippen LogP contribution is 2.44. The molecule has 0 bridgehead atoms. The Morgan fingerprint density at radius 2 is 2.00 bits per heavy atom. The van der Waals surface area contributed by atoms with Gasteiger partial charge in [-0.1, -0.05) is 28.1 Å². The van der Waals surface area contributed by atoms with Gasteiger partial charge in [0.15, 0.2) is 5.78 Å². The Morgan fingerprint density at radius 3 is 2.73 bits per heavy atom. The maximum absolute atomic E-state index is 12.9. The van der Waals surface area contributed by atoms with E-state index < -0.39 is 11.9 Å². The van der Waals surface area contributed by atoms with Crippen LogP contribution >= 0.6 is 15.9 Å². The van der Waals surface area contributed by atoms with Crippen LogP contribution in [-0.2, 0) is 25.7 Å². The van der Waals surface area contributed by atoms with E-state index in [9.17, 15) is 9.59 Å². The smallest absolute Gasteiger partial charge is 0.340 e. The van der Waals surface area contributed by atoms with Crippen LogP contribution in [0.5, 0.6) is 11.5 Å². The molecule has 7 nitrogen and oxygen atoms in total. The second-order valence-corrected chi connectivity index (χ2v) is 8.65. The normalized spacial score (nSPS) is 17.9. The molecule has 2 aliphatic rings. The number of hydrogen-bond donors (Lipinski definition) is 1. The molecule has 0 aromatic heterocycles. The molecule has 1 aliphatic carbocycles. The number of nitrogens with two attached hydrogens (primary N) is 1. The maximum atomic E-state index is 12.9. The van der Waals surface area contributed by atoms with Crippen LogP contribution in [0.15, 0.2) is 69.7 Å². The van der Waals surface area contributed by atoms with Crippen LogP contribution in [-0.4, -0.2) is 26.0 Å². The molecule has 2 N–H and O–H groups in total. The van der Waals surface area contributed by atoms with E-state index in [1.165, 1.54) is 7.11 Å². The number of esters is 1. The molecule has 172 valence electrons. The van der Waals surface area contributed by atoms with Crippen LogP contribution in [0.1, 0.15) is 36.3 Å². The summed E-state index contributed by atoms with van der Waals surface area (Å²) < 4.78 is 23.1. The summed E-state index contributed by atoms with van der Waals surface area (Å²) in [5, 5.41) is 0. The van der Waals surface area contributed by atoms with Crippen molar-refractivity contribution in [2.24, 2.45) is 5.73 Å². The van der Waals surface area contributed by atoms with Gasteiger partial charge < -0.3 is 24.7 Å². The minimum atomic E-state index is -0.690. The van der Waals surface area contributed by atoms with Gasteiger partial charge in [0.1, 0.15) is 29.4 Å². The number of hydrogen-bond acceptors (Lipinski definition) is 7. The van der Waals surface area contributed by atoms with Gasteiger partial charge in [-0.2, -0.15) is 0 Å². The van der Waals surface area contributed by atoms with E-state index in [1.54, 1.807) is 13.2 Å². The molecule has 0 amide bonds. The predicted molar refractivity (Wildman–Crippen MR) is 124 cm³/mol. The van der Waals surface area contributed by atoms with Crippen LogP contribution in [0.4, 0.5) is 0 Å².